The first-order chi connectivity index (χ1) is 8.65. The quantitative estimate of drug-likeness (QED) is 0.921. The fourth-order valence-corrected chi connectivity index (χ4v) is 2.97. The van der Waals surface area contributed by atoms with Crippen molar-refractivity contribution in [2.24, 2.45) is 0 Å². The molecule has 0 amide bonds. The van der Waals surface area contributed by atoms with E-state index < -0.39 is 0 Å². The van der Waals surface area contributed by atoms with Crippen molar-refractivity contribution in [2.75, 3.05) is 5.73 Å². The first kappa shape index (κ1) is 13.5. The second-order valence-corrected chi connectivity index (χ2v) is 6.02. The van der Waals surface area contributed by atoms with Crippen molar-refractivity contribution >= 4 is 33.1 Å². The zero-order chi connectivity index (χ0) is 13.1. The van der Waals surface area contributed by atoms with Gasteiger partial charge in [-0.25, -0.2) is 9.97 Å². The van der Waals surface area contributed by atoms with Gasteiger partial charge < -0.3 is 5.73 Å². The van der Waals surface area contributed by atoms with Gasteiger partial charge in [-0.2, -0.15) is 0 Å². The number of halogens is 1. The maximum Gasteiger partial charge on any atom is 0.171 e. The molecule has 0 saturated heterocycles. The SMILES string of the molecule is CCCc1nc(-c2ccc(CC)s2)nc(N)c1Br. The number of thiophene rings is 1. The lowest BCUT2D eigenvalue weighted by Gasteiger charge is -2.07. The lowest BCUT2D eigenvalue weighted by atomic mass is 10.2. The van der Waals surface area contributed by atoms with E-state index in [1.165, 1.54) is 4.88 Å². The summed E-state index contributed by atoms with van der Waals surface area (Å²) in [5, 5.41) is 0. The Morgan fingerprint density at radius 1 is 1.28 bits per heavy atom. The van der Waals surface area contributed by atoms with Crippen LogP contribution in [-0.4, -0.2) is 9.97 Å². The van der Waals surface area contributed by atoms with Crippen LogP contribution in [0.5, 0.6) is 0 Å². The summed E-state index contributed by atoms with van der Waals surface area (Å²) in [4.78, 5) is 11.4. The van der Waals surface area contributed by atoms with E-state index >= 15 is 0 Å². The second kappa shape index (κ2) is 5.80. The molecule has 2 heterocycles. The highest BCUT2D eigenvalue weighted by Crippen LogP contribution is 2.30. The van der Waals surface area contributed by atoms with Crippen molar-refractivity contribution < 1.29 is 0 Å². The number of nitrogens with two attached hydrogens (primary N) is 1. The first-order valence-electron chi connectivity index (χ1n) is 6.06. The number of hydrogen-bond acceptors (Lipinski definition) is 4. The summed E-state index contributed by atoms with van der Waals surface area (Å²) in [5.41, 5.74) is 6.93. The molecular weight excluding hydrogens is 310 g/mol. The van der Waals surface area contributed by atoms with Gasteiger partial charge in [-0.3, -0.25) is 0 Å². The summed E-state index contributed by atoms with van der Waals surface area (Å²) in [6.07, 6.45) is 2.99. The Labute approximate surface area is 120 Å². The Morgan fingerprint density at radius 2 is 2.06 bits per heavy atom. The van der Waals surface area contributed by atoms with Crippen molar-refractivity contribution in [2.45, 2.75) is 33.1 Å². The number of nitrogens with zero attached hydrogens (tertiary/aromatic N) is 2. The Morgan fingerprint density at radius 3 is 2.67 bits per heavy atom. The molecule has 3 nitrogen and oxygen atoms in total. The molecule has 0 atom stereocenters. The van der Waals surface area contributed by atoms with Crippen LogP contribution < -0.4 is 5.73 Å². The van der Waals surface area contributed by atoms with Gasteiger partial charge in [0.05, 0.1) is 15.0 Å². The Balaban J connectivity index is 2.44. The van der Waals surface area contributed by atoms with E-state index in [9.17, 15) is 0 Å². The molecule has 0 saturated carbocycles. The minimum absolute atomic E-state index is 0.523. The number of hydrogen-bond donors (Lipinski definition) is 1. The predicted molar refractivity (Wildman–Crippen MR) is 80.8 cm³/mol. The van der Waals surface area contributed by atoms with E-state index in [0.717, 1.165) is 40.1 Å². The van der Waals surface area contributed by atoms with Crippen molar-refractivity contribution in [1.29, 1.82) is 0 Å². The van der Waals surface area contributed by atoms with Crippen molar-refractivity contribution in [1.82, 2.24) is 9.97 Å². The van der Waals surface area contributed by atoms with Crippen LogP contribution in [-0.2, 0) is 12.8 Å². The molecule has 0 unspecified atom stereocenters. The molecule has 0 radical (unpaired) electrons. The highest BCUT2D eigenvalue weighted by Gasteiger charge is 2.12. The molecule has 0 aromatic carbocycles. The van der Waals surface area contributed by atoms with Crippen molar-refractivity contribution in [3.63, 3.8) is 0 Å². The average Bonchev–Trinajstić information content (AvgIpc) is 2.83. The largest absolute Gasteiger partial charge is 0.383 e. The second-order valence-electron chi connectivity index (χ2n) is 4.06. The van der Waals surface area contributed by atoms with Crippen LogP contribution >= 0.6 is 27.3 Å². The van der Waals surface area contributed by atoms with Crippen LogP contribution in [0.1, 0.15) is 30.8 Å². The van der Waals surface area contributed by atoms with Gasteiger partial charge in [0.15, 0.2) is 5.82 Å². The topological polar surface area (TPSA) is 51.8 Å². The molecule has 18 heavy (non-hydrogen) atoms. The summed E-state index contributed by atoms with van der Waals surface area (Å²) < 4.78 is 0.834. The van der Waals surface area contributed by atoms with Gasteiger partial charge in [-0.1, -0.05) is 20.3 Å². The molecule has 5 heteroatoms. The third-order valence-corrected chi connectivity index (χ3v) is 4.75. The van der Waals surface area contributed by atoms with E-state index in [1.807, 2.05) is 0 Å². The fraction of sp³-hybridized carbons (Fsp3) is 0.385. The predicted octanol–water partition coefficient (Wildman–Crippen LogP) is 4.06. The highest BCUT2D eigenvalue weighted by molar-refractivity contribution is 9.10. The third kappa shape index (κ3) is 2.72. The standard InChI is InChI=1S/C13H16BrN3S/c1-3-5-9-11(14)12(15)17-13(16-9)10-7-6-8(4-2)18-10/h6-7H,3-5H2,1-2H3,(H2,15,16,17). The fourth-order valence-electron chi connectivity index (χ4n) is 1.71. The van der Waals surface area contributed by atoms with Gasteiger partial charge in [0.1, 0.15) is 5.82 Å². The van der Waals surface area contributed by atoms with Crippen LogP contribution in [0.3, 0.4) is 0 Å². The van der Waals surface area contributed by atoms with Crippen molar-refractivity contribution in [3.8, 4) is 10.7 Å². The molecule has 2 rings (SSSR count). The van der Waals surface area contributed by atoms with E-state index in [4.69, 9.17) is 5.73 Å². The first-order valence-corrected chi connectivity index (χ1v) is 7.67. The minimum atomic E-state index is 0.523. The lowest BCUT2D eigenvalue weighted by Crippen LogP contribution is -2.02. The molecule has 0 bridgehead atoms. The van der Waals surface area contributed by atoms with Crippen LogP contribution in [0.15, 0.2) is 16.6 Å². The molecule has 2 aromatic rings. The van der Waals surface area contributed by atoms with Crippen LogP contribution in [0.25, 0.3) is 10.7 Å². The molecule has 96 valence electrons. The number of nitrogen functional groups attached to an aromatic ring is 1. The number of aromatic nitrogens is 2. The summed E-state index contributed by atoms with van der Waals surface area (Å²) in [6, 6.07) is 4.20. The zero-order valence-corrected chi connectivity index (χ0v) is 12.9. The maximum atomic E-state index is 5.94. The molecule has 2 aromatic heterocycles. The van der Waals surface area contributed by atoms with Crippen LogP contribution in [0.4, 0.5) is 5.82 Å². The molecular formula is C13H16BrN3S. The van der Waals surface area contributed by atoms with Crippen LogP contribution in [0.2, 0.25) is 0 Å². The number of anilines is 1. The highest BCUT2D eigenvalue weighted by atomic mass is 79.9. The third-order valence-electron chi connectivity index (χ3n) is 2.66. The van der Waals surface area contributed by atoms with Gasteiger partial charge in [0, 0.05) is 4.88 Å². The van der Waals surface area contributed by atoms with Gasteiger partial charge in [-0.15, -0.1) is 11.3 Å². The van der Waals surface area contributed by atoms with Gasteiger partial charge in [0.25, 0.3) is 0 Å². The van der Waals surface area contributed by atoms with Gasteiger partial charge >= 0.3 is 0 Å². The van der Waals surface area contributed by atoms with E-state index in [-0.39, 0.29) is 0 Å². The number of aryl methyl sites for hydroxylation is 2. The molecule has 0 aliphatic carbocycles. The van der Waals surface area contributed by atoms with Crippen LogP contribution in [0, 0.1) is 0 Å². The lowest BCUT2D eigenvalue weighted by molar-refractivity contribution is 0.870. The maximum absolute atomic E-state index is 5.94. The summed E-state index contributed by atoms with van der Waals surface area (Å²) in [7, 11) is 0. The molecule has 0 aliphatic heterocycles. The minimum Gasteiger partial charge on any atom is -0.383 e. The Hall–Kier alpha value is -0.940. The zero-order valence-electron chi connectivity index (χ0n) is 10.5. The van der Waals surface area contributed by atoms with Gasteiger partial charge in [-0.05, 0) is 40.9 Å². The number of rotatable bonds is 4. The molecule has 0 aliphatic rings. The molecule has 0 spiro atoms. The summed E-state index contributed by atoms with van der Waals surface area (Å²) in [5.74, 6) is 1.26. The van der Waals surface area contributed by atoms with Crippen molar-refractivity contribution in [3.05, 3.63) is 27.2 Å². The Bertz CT molecular complexity index is 551. The molecule has 0 fully saturated rings. The monoisotopic (exact) mass is 325 g/mol. The average molecular weight is 326 g/mol. The smallest absolute Gasteiger partial charge is 0.171 e. The normalized spacial score (nSPS) is 10.8. The summed E-state index contributed by atoms with van der Waals surface area (Å²) >= 11 is 5.19. The summed E-state index contributed by atoms with van der Waals surface area (Å²) in [6.45, 7) is 4.28. The van der Waals surface area contributed by atoms with Gasteiger partial charge in [0.2, 0.25) is 0 Å². The van der Waals surface area contributed by atoms with E-state index in [0.29, 0.717) is 5.82 Å². The van der Waals surface area contributed by atoms with E-state index in [2.05, 4.69) is 51.9 Å². The Kier molecular flexibility index (Phi) is 4.35. The molecule has 2 N–H and O–H groups in total. The van der Waals surface area contributed by atoms with E-state index in [1.54, 1.807) is 11.3 Å².